The second-order valence-corrected chi connectivity index (χ2v) is 6.69. The Kier molecular flexibility index (Phi) is 11.3. The number of rotatable bonds is 6. The third-order valence-corrected chi connectivity index (χ3v) is 4.63. The normalized spacial score (nSPS) is 23.3. The summed E-state index contributed by atoms with van der Waals surface area (Å²) in [5, 5.41) is 7.79. The van der Waals surface area contributed by atoms with E-state index in [2.05, 4.69) is 35.7 Å². The number of guanidine groups is 1. The van der Waals surface area contributed by atoms with Crippen molar-refractivity contribution in [3.8, 4) is 0 Å². The Morgan fingerprint density at radius 2 is 2.11 bits per heavy atom. The lowest BCUT2D eigenvalue weighted by atomic mass is 10.1. The molecule has 0 aromatic carbocycles. The Hall–Kier alpha value is 0.350. The lowest BCUT2D eigenvalue weighted by Gasteiger charge is -2.17. The largest absolute Gasteiger partial charge is 0.356 e. The zero-order valence-electron chi connectivity index (χ0n) is 12.7. The molecule has 1 fully saturated rings. The van der Waals surface area contributed by atoms with Gasteiger partial charge in [0.15, 0.2) is 5.96 Å². The number of hydrogen-bond acceptors (Lipinski definition) is 2. The Morgan fingerprint density at radius 1 is 1.37 bits per heavy atom. The number of nitrogens with zero attached hydrogens (tertiary/aromatic N) is 1. The molecule has 1 rings (SSSR count). The fraction of sp³-hybridized carbons (Fsp3) is 0.929. The van der Waals surface area contributed by atoms with Gasteiger partial charge in [-0.15, -0.1) is 24.0 Å². The van der Waals surface area contributed by atoms with Crippen LogP contribution in [0.15, 0.2) is 4.99 Å². The van der Waals surface area contributed by atoms with Crippen LogP contribution in [-0.2, 0) is 0 Å². The molecule has 19 heavy (non-hydrogen) atoms. The molecule has 0 aliphatic heterocycles. The molecular weight excluding hydrogens is 369 g/mol. The maximum absolute atomic E-state index is 4.31. The van der Waals surface area contributed by atoms with Crippen LogP contribution in [-0.4, -0.2) is 37.1 Å². The molecule has 2 unspecified atom stereocenters. The number of aliphatic imine (C=N–C) groups is 1. The van der Waals surface area contributed by atoms with Gasteiger partial charge in [-0.3, -0.25) is 4.99 Å². The van der Waals surface area contributed by atoms with Crippen LogP contribution in [0, 0.1) is 5.92 Å². The van der Waals surface area contributed by atoms with Crippen molar-refractivity contribution < 1.29 is 0 Å². The zero-order valence-corrected chi connectivity index (χ0v) is 15.9. The molecule has 5 heteroatoms. The fourth-order valence-corrected chi connectivity index (χ4v) is 3.19. The van der Waals surface area contributed by atoms with Gasteiger partial charge in [0.2, 0.25) is 0 Å². The maximum atomic E-state index is 4.31. The van der Waals surface area contributed by atoms with Crippen LogP contribution in [0.4, 0.5) is 0 Å². The van der Waals surface area contributed by atoms with Crippen molar-refractivity contribution in [1.82, 2.24) is 10.6 Å². The van der Waals surface area contributed by atoms with Gasteiger partial charge in [0.05, 0.1) is 0 Å². The van der Waals surface area contributed by atoms with Gasteiger partial charge in [0.1, 0.15) is 0 Å². The molecule has 0 saturated heterocycles. The van der Waals surface area contributed by atoms with Crippen molar-refractivity contribution in [2.24, 2.45) is 10.9 Å². The third-order valence-electron chi connectivity index (χ3n) is 3.53. The Balaban J connectivity index is 0.00000324. The lowest BCUT2D eigenvalue weighted by molar-refractivity contribution is 0.545. The molecule has 1 aliphatic carbocycles. The van der Waals surface area contributed by atoms with E-state index < -0.39 is 0 Å². The van der Waals surface area contributed by atoms with E-state index in [1.54, 1.807) is 0 Å². The first-order valence-corrected chi connectivity index (χ1v) is 8.44. The highest BCUT2D eigenvalue weighted by atomic mass is 127. The molecule has 0 aromatic rings. The lowest BCUT2D eigenvalue weighted by Crippen LogP contribution is -2.42. The van der Waals surface area contributed by atoms with E-state index in [-0.39, 0.29) is 24.0 Å². The fourth-order valence-electron chi connectivity index (χ4n) is 2.39. The summed E-state index contributed by atoms with van der Waals surface area (Å²) in [7, 11) is 1.86. The molecule has 3 nitrogen and oxygen atoms in total. The highest BCUT2D eigenvalue weighted by molar-refractivity contribution is 14.0. The summed E-state index contributed by atoms with van der Waals surface area (Å²) in [5.41, 5.74) is 0. The van der Waals surface area contributed by atoms with Crippen molar-refractivity contribution in [1.29, 1.82) is 0 Å². The SMILES string of the molecule is CN=C(NCCCC(C)C)NC1CCC(SC)C1.I. The van der Waals surface area contributed by atoms with Gasteiger partial charge in [-0.1, -0.05) is 13.8 Å². The number of nitrogens with one attached hydrogen (secondary N) is 2. The Bertz CT molecular complexity index is 259. The zero-order chi connectivity index (χ0) is 13.4. The number of halogens is 1. The summed E-state index contributed by atoms with van der Waals surface area (Å²) in [4.78, 5) is 4.31. The van der Waals surface area contributed by atoms with Gasteiger partial charge in [-0.25, -0.2) is 0 Å². The van der Waals surface area contributed by atoms with Crippen LogP contribution in [0.1, 0.15) is 46.0 Å². The van der Waals surface area contributed by atoms with Crippen LogP contribution < -0.4 is 10.6 Å². The summed E-state index contributed by atoms with van der Waals surface area (Å²) in [6.07, 6.45) is 8.60. The second-order valence-electron chi connectivity index (χ2n) is 5.55. The van der Waals surface area contributed by atoms with Crippen LogP contribution in [0.2, 0.25) is 0 Å². The molecule has 1 saturated carbocycles. The number of thioether (sulfide) groups is 1. The highest BCUT2D eigenvalue weighted by Crippen LogP contribution is 2.27. The predicted molar refractivity (Wildman–Crippen MR) is 98.9 cm³/mol. The molecule has 0 bridgehead atoms. The molecule has 0 radical (unpaired) electrons. The van der Waals surface area contributed by atoms with E-state index in [1.165, 1.54) is 32.1 Å². The van der Waals surface area contributed by atoms with Gasteiger partial charge < -0.3 is 10.6 Å². The molecule has 0 heterocycles. The number of hydrogen-bond donors (Lipinski definition) is 2. The minimum atomic E-state index is 0. The van der Waals surface area contributed by atoms with Gasteiger partial charge in [-0.2, -0.15) is 11.8 Å². The Labute approximate surface area is 140 Å². The van der Waals surface area contributed by atoms with E-state index in [0.717, 1.165) is 23.7 Å². The van der Waals surface area contributed by atoms with Crippen molar-refractivity contribution >= 4 is 41.7 Å². The summed E-state index contributed by atoms with van der Waals surface area (Å²) < 4.78 is 0. The molecule has 2 N–H and O–H groups in total. The van der Waals surface area contributed by atoms with Gasteiger partial charge >= 0.3 is 0 Å². The molecular formula is C14H30IN3S. The van der Waals surface area contributed by atoms with E-state index in [9.17, 15) is 0 Å². The van der Waals surface area contributed by atoms with Crippen molar-refractivity contribution in [3.05, 3.63) is 0 Å². The predicted octanol–water partition coefficient (Wildman–Crippen LogP) is 3.49. The summed E-state index contributed by atoms with van der Waals surface area (Å²) in [6.45, 7) is 5.57. The molecule has 0 spiro atoms. The summed E-state index contributed by atoms with van der Waals surface area (Å²) >= 11 is 2.00. The quantitative estimate of drug-likeness (QED) is 0.311. The first kappa shape index (κ1) is 19.4. The Morgan fingerprint density at radius 3 is 2.63 bits per heavy atom. The van der Waals surface area contributed by atoms with Gasteiger partial charge in [-0.05, 0) is 44.3 Å². The van der Waals surface area contributed by atoms with Crippen molar-refractivity contribution in [3.63, 3.8) is 0 Å². The van der Waals surface area contributed by atoms with Crippen molar-refractivity contribution in [2.75, 3.05) is 19.8 Å². The smallest absolute Gasteiger partial charge is 0.191 e. The molecule has 2 atom stereocenters. The van der Waals surface area contributed by atoms with E-state index in [4.69, 9.17) is 0 Å². The summed E-state index contributed by atoms with van der Waals surface area (Å²) in [5.74, 6) is 1.77. The van der Waals surface area contributed by atoms with Crippen LogP contribution in [0.3, 0.4) is 0 Å². The topological polar surface area (TPSA) is 36.4 Å². The highest BCUT2D eigenvalue weighted by Gasteiger charge is 2.24. The van der Waals surface area contributed by atoms with Gasteiger partial charge in [0, 0.05) is 24.9 Å². The average Bonchev–Trinajstić information content (AvgIpc) is 2.80. The van der Waals surface area contributed by atoms with Crippen LogP contribution in [0.25, 0.3) is 0 Å². The van der Waals surface area contributed by atoms with E-state index >= 15 is 0 Å². The van der Waals surface area contributed by atoms with E-state index in [1.807, 2.05) is 18.8 Å². The molecule has 114 valence electrons. The monoisotopic (exact) mass is 399 g/mol. The minimum Gasteiger partial charge on any atom is -0.356 e. The first-order valence-electron chi connectivity index (χ1n) is 7.15. The van der Waals surface area contributed by atoms with Crippen LogP contribution >= 0.6 is 35.7 Å². The molecule has 0 aromatic heterocycles. The van der Waals surface area contributed by atoms with Crippen molar-refractivity contribution in [2.45, 2.75) is 57.2 Å². The third kappa shape index (κ3) is 8.27. The van der Waals surface area contributed by atoms with Crippen LogP contribution in [0.5, 0.6) is 0 Å². The first-order chi connectivity index (χ1) is 8.65. The summed E-state index contributed by atoms with van der Waals surface area (Å²) in [6, 6.07) is 0.610. The second kappa shape index (κ2) is 11.1. The minimum absolute atomic E-state index is 0. The molecule has 1 aliphatic rings. The average molecular weight is 399 g/mol. The van der Waals surface area contributed by atoms with Gasteiger partial charge in [0.25, 0.3) is 0 Å². The molecule has 0 amide bonds. The maximum Gasteiger partial charge on any atom is 0.191 e. The van der Waals surface area contributed by atoms with E-state index in [0.29, 0.717) is 6.04 Å². The standard InChI is InChI=1S/C14H29N3S.HI/c1-11(2)6-5-9-16-14(15-3)17-12-7-8-13(10-12)18-4;/h11-13H,5-10H2,1-4H3,(H2,15,16,17);1H.